The molecule has 0 amide bonds. The summed E-state index contributed by atoms with van der Waals surface area (Å²) in [6, 6.07) is 8.22. The summed E-state index contributed by atoms with van der Waals surface area (Å²) in [4.78, 5) is 2.37. The average Bonchev–Trinajstić information content (AvgIpc) is 2.89. The Morgan fingerprint density at radius 3 is 2.72 bits per heavy atom. The highest BCUT2D eigenvalue weighted by molar-refractivity contribution is 9.10. The van der Waals surface area contributed by atoms with Gasteiger partial charge in [-0.2, -0.15) is 5.10 Å². The summed E-state index contributed by atoms with van der Waals surface area (Å²) in [5, 5.41) is 10.7. The van der Waals surface area contributed by atoms with Crippen LogP contribution >= 0.6 is 15.9 Å². The van der Waals surface area contributed by atoms with Gasteiger partial charge in [-0.25, -0.2) is 0 Å². The van der Waals surface area contributed by atoms with Crippen LogP contribution in [0.5, 0.6) is 0 Å². The topological polar surface area (TPSA) is 44.0 Å². The molecule has 94 valence electrons. The molecule has 1 aromatic carbocycles. The normalized spacial score (nSPS) is 15.9. The third kappa shape index (κ3) is 2.15. The van der Waals surface area contributed by atoms with Gasteiger partial charge in [-0.05, 0) is 6.07 Å². The third-order valence-corrected chi connectivity index (χ3v) is 3.91. The number of halogens is 1. The second-order valence-corrected chi connectivity index (χ2v) is 5.20. The summed E-state index contributed by atoms with van der Waals surface area (Å²) in [6.07, 6.45) is 1.92. The van der Waals surface area contributed by atoms with Crippen molar-refractivity contribution in [3.63, 3.8) is 0 Å². The van der Waals surface area contributed by atoms with Crippen molar-refractivity contribution in [2.24, 2.45) is 0 Å². The van der Waals surface area contributed by atoms with E-state index in [0.717, 1.165) is 41.9 Å². The largest absolute Gasteiger partial charge is 0.366 e. The molecule has 1 aromatic heterocycles. The van der Waals surface area contributed by atoms with Gasteiger partial charge in [-0.3, -0.25) is 5.10 Å². The summed E-state index contributed by atoms with van der Waals surface area (Å²) in [5.74, 6) is 0. The van der Waals surface area contributed by atoms with Gasteiger partial charge in [0.1, 0.15) is 0 Å². The van der Waals surface area contributed by atoms with Crippen LogP contribution in [0, 0.1) is 0 Å². The SMILES string of the molecule is Brc1ccccc1-c1[nH]ncc1N1CCNCC1. The van der Waals surface area contributed by atoms with Crippen LogP contribution < -0.4 is 10.2 Å². The Bertz CT molecular complexity index is 531. The molecule has 2 N–H and O–H groups in total. The van der Waals surface area contributed by atoms with Crippen molar-refractivity contribution in [2.75, 3.05) is 31.1 Å². The molecule has 3 rings (SSSR count). The summed E-state index contributed by atoms with van der Waals surface area (Å²) in [6.45, 7) is 4.11. The van der Waals surface area contributed by atoms with Gasteiger partial charge in [0.25, 0.3) is 0 Å². The molecule has 1 saturated heterocycles. The number of hydrogen-bond acceptors (Lipinski definition) is 3. The van der Waals surface area contributed by atoms with Crippen LogP contribution in [-0.4, -0.2) is 36.4 Å². The van der Waals surface area contributed by atoms with Gasteiger partial charge in [0, 0.05) is 36.2 Å². The Morgan fingerprint density at radius 2 is 1.94 bits per heavy atom. The van der Waals surface area contributed by atoms with E-state index in [9.17, 15) is 0 Å². The van der Waals surface area contributed by atoms with Gasteiger partial charge in [0.2, 0.25) is 0 Å². The lowest BCUT2D eigenvalue weighted by Crippen LogP contribution is -2.43. The van der Waals surface area contributed by atoms with Crippen LogP contribution in [0.2, 0.25) is 0 Å². The summed E-state index contributed by atoms with van der Waals surface area (Å²) in [5.41, 5.74) is 3.43. The van der Waals surface area contributed by atoms with E-state index in [2.05, 4.69) is 48.5 Å². The minimum absolute atomic E-state index is 1.02. The minimum Gasteiger partial charge on any atom is -0.366 e. The number of piperazine rings is 1. The van der Waals surface area contributed by atoms with Gasteiger partial charge in [-0.1, -0.05) is 34.1 Å². The monoisotopic (exact) mass is 306 g/mol. The zero-order valence-electron chi connectivity index (χ0n) is 9.99. The van der Waals surface area contributed by atoms with Crippen molar-refractivity contribution in [1.29, 1.82) is 0 Å². The number of nitrogens with one attached hydrogen (secondary N) is 2. The standard InChI is InChI=1S/C13H15BrN4/c14-11-4-2-1-3-10(11)13-12(9-16-17-13)18-7-5-15-6-8-18/h1-4,9,15H,5-8H2,(H,16,17). The zero-order valence-corrected chi connectivity index (χ0v) is 11.6. The number of aromatic nitrogens is 2. The van der Waals surface area contributed by atoms with Crippen LogP contribution in [0.3, 0.4) is 0 Å². The Balaban J connectivity index is 1.98. The van der Waals surface area contributed by atoms with Crippen molar-refractivity contribution < 1.29 is 0 Å². The lowest BCUT2D eigenvalue weighted by atomic mass is 10.1. The Hall–Kier alpha value is -1.33. The molecule has 2 heterocycles. The number of benzene rings is 1. The second-order valence-electron chi connectivity index (χ2n) is 4.35. The van der Waals surface area contributed by atoms with Crippen LogP contribution in [0.1, 0.15) is 0 Å². The maximum Gasteiger partial charge on any atom is 0.0895 e. The third-order valence-electron chi connectivity index (χ3n) is 3.22. The molecule has 0 saturated carbocycles. The molecule has 0 radical (unpaired) electrons. The quantitative estimate of drug-likeness (QED) is 0.894. The van der Waals surface area contributed by atoms with Crippen molar-refractivity contribution in [1.82, 2.24) is 15.5 Å². The Kier molecular flexibility index (Phi) is 3.34. The van der Waals surface area contributed by atoms with Crippen molar-refractivity contribution >= 4 is 21.6 Å². The summed E-state index contributed by atoms with van der Waals surface area (Å²) < 4.78 is 1.09. The first-order valence-corrected chi connectivity index (χ1v) is 6.89. The van der Waals surface area contributed by atoms with Crippen molar-refractivity contribution in [2.45, 2.75) is 0 Å². The maximum absolute atomic E-state index is 4.21. The van der Waals surface area contributed by atoms with E-state index >= 15 is 0 Å². The average molecular weight is 307 g/mol. The minimum atomic E-state index is 1.02. The van der Waals surface area contributed by atoms with Gasteiger partial charge in [0.05, 0.1) is 17.6 Å². The predicted octanol–water partition coefficient (Wildman–Crippen LogP) is 2.25. The van der Waals surface area contributed by atoms with Gasteiger partial charge < -0.3 is 10.2 Å². The molecular formula is C13H15BrN4. The zero-order chi connectivity index (χ0) is 12.4. The Labute approximate surface area is 115 Å². The maximum atomic E-state index is 4.21. The lowest BCUT2D eigenvalue weighted by molar-refractivity contribution is 0.589. The molecule has 0 atom stereocenters. The number of aromatic amines is 1. The van der Waals surface area contributed by atoms with Crippen LogP contribution in [0.4, 0.5) is 5.69 Å². The van der Waals surface area contributed by atoms with E-state index in [1.807, 2.05) is 18.3 Å². The number of nitrogens with zero attached hydrogens (tertiary/aromatic N) is 2. The molecule has 0 bridgehead atoms. The molecule has 2 aromatic rings. The first-order chi connectivity index (χ1) is 8.86. The highest BCUT2D eigenvalue weighted by atomic mass is 79.9. The number of H-pyrrole nitrogens is 1. The fourth-order valence-electron chi connectivity index (χ4n) is 2.29. The van der Waals surface area contributed by atoms with E-state index in [-0.39, 0.29) is 0 Å². The number of rotatable bonds is 2. The number of hydrogen-bond donors (Lipinski definition) is 2. The van der Waals surface area contributed by atoms with Gasteiger partial charge in [0.15, 0.2) is 0 Å². The predicted molar refractivity (Wildman–Crippen MR) is 76.8 cm³/mol. The highest BCUT2D eigenvalue weighted by Crippen LogP contribution is 2.33. The van der Waals surface area contributed by atoms with Crippen molar-refractivity contribution in [3.8, 4) is 11.3 Å². The fraction of sp³-hybridized carbons (Fsp3) is 0.308. The molecule has 0 unspecified atom stereocenters. The molecule has 1 aliphatic rings. The molecule has 0 aliphatic carbocycles. The van der Waals surface area contributed by atoms with E-state index in [1.54, 1.807) is 0 Å². The smallest absolute Gasteiger partial charge is 0.0895 e. The highest BCUT2D eigenvalue weighted by Gasteiger charge is 2.17. The molecule has 18 heavy (non-hydrogen) atoms. The summed E-state index contributed by atoms with van der Waals surface area (Å²) >= 11 is 3.60. The van der Waals surface area contributed by atoms with Crippen LogP contribution in [-0.2, 0) is 0 Å². The van der Waals surface area contributed by atoms with E-state index in [4.69, 9.17) is 0 Å². The van der Waals surface area contributed by atoms with Crippen molar-refractivity contribution in [3.05, 3.63) is 34.9 Å². The second kappa shape index (κ2) is 5.12. The van der Waals surface area contributed by atoms with E-state index < -0.39 is 0 Å². The molecule has 5 heteroatoms. The molecule has 1 aliphatic heterocycles. The first kappa shape index (κ1) is 11.7. The first-order valence-electron chi connectivity index (χ1n) is 6.10. The number of anilines is 1. The molecule has 0 spiro atoms. The van der Waals surface area contributed by atoms with E-state index in [0.29, 0.717) is 0 Å². The van der Waals surface area contributed by atoms with Crippen LogP contribution in [0.25, 0.3) is 11.3 Å². The molecule has 1 fully saturated rings. The van der Waals surface area contributed by atoms with Gasteiger partial charge >= 0.3 is 0 Å². The van der Waals surface area contributed by atoms with E-state index in [1.165, 1.54) is 5.69 Å². The molecular weight excluding hydrogens is 292 g/mol. The van der Waals surface area contributed by atoms with Crippen LogP contribution in [0.15, 0.2) is 34.9 Å². The Morgan fingerprint density at radius 1 is 1.17 bits per heavy atom. The lowest BCUT2D eigenvalue weighted by Gasteiger charge is -2.29. The summed E-state index contributed by atoms with van der Waals surface area (Å²) in [7, 11) is 0. The van der Waals surface area contributed by atoms with Gasteiger partial charge in [-0.15, -0.1) is 0 Å². The molecule has 4 nitrogen and oxygen atoms in total. The fourth-order valence-corrected chi connectivity index (χ4v) is 2.77.